The molecule has 2 heterocycles. The van der Waals surface area contributed by atoms with Crippen molar-refractivity contribution >= 4 is 28.2 Å². The molecule has 138 valence electrons. The molecular formula is C20H19N3O4. The Kier molecular flexibility index (Phi) is 4.42. The van der Waals surface area contributed by atoms with Gasteiger partial charge in [-0.1, -0.05) is 0 Å². The molecule has 2 aromatic carbocycles. The molecule has 1 aromatic heterocycles. The Bertz CT molecular complexity index is 1060. The molecule has 0 saturated heterocycles. The van der Waals surface area contributed by atoms with E-state index >= 15 is 0 Å². The quantitative estimate of drug-likeness (QED) is 0.661. The van der Waals surface area contributed by atoms with Crippen LogP contribution in [0.3, 0.4) is 0 Å². The van der Waals surface area contributed by atoms with Crippen molar-refractivity contribution < 1.29 is 14.3 Å². The van der Waals surface area contributed by atoms with Crippen molar-refractivity contribution in [3.8, 4) is 11.5 Å². The summed E-state index contributed by atoms with van der Waals surface area (Å²) in [5.74, 6) is 1.22. The topological polar surface area (TPSA) is 92.5 Å². The highest BCUT2D eigenvalue weighted by molar-refractivity contribution is 5.88. The molecule has 0 saturated carbocycles. The van der Waals surface area contributed by atoms with Gasteiger partial charge in [0.1, 0.15) is 13.2 Å². The predicted octanol–water partition coefficient (Wildman–Crippen LogP) is 2.87. The van der Waals surface area contributed by atoms with Gasteiger partial charge in [-0.3, -0.25) is 9.59 Å². The van der Waals surface area contributed by atoms with E-state index in [1.807, 2.05) is 24.3 Å². The second-order valence-corrected chi connectivity index (χ2v) is 6.32. The summed E-state index contributed by atoms with van der Waals surface area (Å²) in [6, 6.07) is 12.8. The first kappa shape index (κ1) is 17.0. The molecule has 0 radical (unpaired) electrons. The number of hydrogen-bond donors (Lipinski definition) is 3. The fourth-order valence-corrected chi connectivity index (χ4v) is 2.99. The maximum atomic E-state index is 12.4. The Morgan fingerprint density at radius 3 is 2.41 bits per heavy atom. The van der Waals surface area contributed by atoms with Crippen molar-refractivity contribution in [3.63, 3.8) is 0 Å². The van der Waals surface area contributed by atoms with E-state index in [1.165, 1.54) is 6.92 Å². The highest BCUT2D eigenvalue weighted by atomic mass is 16.6. The molecule has 3 aromatic rings. The lowest BCUT2D eigenvalue weighted by atomic mass is 10.1. The van der Waals surface area contributed by atoms with E-state index < -0.39 is 0 Å². The van der Waals surface area contributed by atoms with Crippen LogP contribution in [0.5, 0.6) is 11.5 Å². The minimum absolute atomic E-state index is 0.116. The molecule has 0 spiro atoms. The molecule has 7 heteroatoms. The number of H-pyrrole nitrogens is 1. The van der Waals surface area contributed by atoms with Crippen LogP contribution >= 0.6 is 0 Å². The molecule has 1 amide bonds. The molecule has 0 unspecified atom stereocenters. The average Bonchev–Trinajstić information content (AvgIpc) is 2.65. The number of amides is 1. The molecule has 0 atom stereocenters. The van der Waals surface area contributed by atoms with E-state index in [1.54, 1.807) is 18.2 Å². The molecule has 1 aliphatic rings. The normalized spacial score (nSPS) is 12.6. The van der Waals surface area contributed by atoms with Crippen LogP contribution in [0.15, 0.2) is 47.3 Å². The van der Waals surface area contributed by atoms with Gasteiger partial charge in [0.05, 0.1) is 5.52 Å². The Hall–Kier alpha value is -3.48. The number of fused-ring (bicyclic) bond motifs is 2. The van der Waals surface area contributed by atoms with Gasteiger partial charge in [-0.05, 0) is 36.4 Å². The predicted molar refractivity (Wildman–Crippen MR) is 104 cm³/mol. The van der Waals surface area contributed by atoms with Gasteiger partial charge in [0.2, 0.25) is 5.91 Å². The summed E-state index contributed by atoms with van der Waals surface area (Å²) >= 11 is 0. The minimum Gasteiger partial charge on any atom is -0.486 e. The summed E-state index contributed by atoms with van der Waals surface area (Å²) in [7, 11) is 0. The largest absolute Gasteiger partial charge is 0.486 e. The van der Waals surface area contributed by atoms with Crippen LogP contribution in [0.1, 0.15) is 12.5 Å². The number of anilines is 2. The molecule has 3 N–H and O–H groups in total. The van der Waals surface area contributed by atoms with Crippen LogP contribution < -0.4 is 25.7 Å². The van der Waals surface area contributed by atoms with Crippen molar-refractivity contribution in [1.82, 2.24) is 4.98 Å². The number of hydrogen-bond acceptors (Lipinski definition) is 5. The summed E-state index contributed by atoms with van der Waals surface area (Å²) in [5, 5.41) is 6.82. The maximum Gasteiger partial charge on any atom is 0.253 e. The third-order valence-electron chi connectivity index (χ3n) is 4.27. The lowest BCUT2D eigenvalue weighted by molar-refractivity contribution is -0.114. The van der Waals surface area contributed by atoms with E-state index in [2.05, 4.69) is 15.6 Å². The zero-order valence-electron chi connectivity index (χ0n) is 14.8. The van der Waals surface area contributed by atoms with Crippen LogP contribution in [0, 0.1) is 0 Å². The molecule has 0 aliphatic carbocycles. The Morgan fingerprint density at radius 2 is 1.70 bits per heavy atom. The van der Waals surface area contributed by atoms with Gasteiger partial charge in [0.15, 0.2) is 11.5 Å². The van der Waals surface area contributed by atoms with Crippen LogP contribution in [0.25, 0.3) is 10.9 Å². The van der Waals surface area contributed by atoms with Gasteiger partial charge < -0.3 is 25.1 Å². The van der Waals surface area contributed by atoms with E-state index in [9.17, 15) is 9.59 Å². The fraction of sp³-hybridized carbons (Fsp3) is 0.200. The molecule has 7 nitrogen and oxygen atoms in total. The van der Waals surface area contributed by atoms with Crippen LogP contribution in [0.4, 0.5) is 11.4 Å². The van der Waals surface area contributed by atoms with Crippen molar-refractivity contribution in [2.75, 3.05) is 23.8 Å². The second kappa shape index (κ2) is 7.03. The van der Waals surface area contributed by atoms with Crippen LogP contribution in [-0.2, 0) is 11.3 Å². The van der Waals surface area contributed by atoms with Gasteiger partial charge >= 0.3 is 0 Å². The maximum absolute atomic E-state index is 12.4. The Balaban J connectivity index is 1.54. The minimum atomic E-state index is -0.151. The van der Waals surface area contributed by atoms with Gasteiger partial charge in [-0.15, -0.1) is 0 Å². The number of rotatable bonds is 4. The van der Waals surface area contributed by atoms with E-state index in [0.717, 1.165) is 16.8 Å². The fourth-order valence-electron chi connectivity index (χ4n) is 2.99. The van der Waals surface area contributed by atoms with Crippen molar-refractivity contribution in [2.45, 2.75) is 13.5 Å². The van der Waals surface area contributed by atoms with E-state index in [4.69, 9.17) is 9.47 Å². The summed E-state index contributed by atoms with van der Waals surface area (Å²) in [6.07, 6.45) is 0. The van der Waals surface area contributed by atoms with Crippen molar-refractivity contribution in [2.24, 2.45) is 0 Å². The Labute approximate surface area is 155 Å². The first-order valence-corrected chi connectivity index (χ1v) is 8.65. The number of carbonyl (C=O) groups is 1. The van der Waals surface area contributed by atoms with Gasteiger partial charge in [0.25, 0.3) is 5.56 Å². The summed E-state index contributed by atoms with van der Waals surface area (Å²) in [6.45, 7) is 2.86. The van der Waals surface area contributed by atoms with Gasteiger partial charge in [-0.2, -0.15) is 0 Å². The first-order valence-electron chi connectivity index (χ1n) is 8.65. The van der Waals surface area contributed by atoms with Crippen molar-refractivity contribution in [3.05, 3.63) is 58.4 Å². The number of benzene rings is 2. The zero-order valence-corrected chi connectivity index (χ0v) is 14.8. The number of nitrogens with one attached hydrogen (secondary N) is 3. The average molecular weight is 365 g/mol. The standard InChI is InChI=1S/C20H19N3O4/c1-12(24)22-16-4-2-15(3-5-16)21-11-14-8-13-9-18-19(27-7-6-26-18)10-17(13)23-20(14)25/h2-5,8-10,21H,6-7,11H2,1H3,(H,22,24)(H,23,25). The van der Waals surface area contributed by atoms with Crippen LogP contribution in [-0.4, -0.2) is 24.1 Å². The van der Waals surface area contributed by atoms with Crippen LogP contribution in [0.2, 0.25) is 0 Å². The lowest BCUT2D eigenvalue weighted by Gasteiger charge is -2.19. The number of carbonyl (C=O) groups excluding carboxylic acids is 1. The molecule has 0 fully saturated rings. The molecule has 27 heavy (non-hydrogen) atoms. The molecule has 0 bridgehead atoms. The number of pyridine rings is 1. The number of aromatic nitrogens is 1. The number of aromatic amines is 1. The highest BCUT2D eigenvalue weighted by Gasteiger charge is 2.14. The highest BCUT2D eigenvalue weighted by Crippen LogP contribution is 2.33. The summed E-state index contributed by atoms with van der Waals surface area (Å²) in [5.41, 5.74) is 2.76. The first-order chi connectivity index (χ1) is 13.1. The molecular weight excluding hydrogens is 346 g/mol. The molecule has 4 rings (SSSR count). The third kappa shape index (κ3) is 3.72. The SMILES string of the molecule is CC(=O)Nc1ccc(NCc2cc3cc4c(cc3[nH]c2=O)OCCO4)cc1. The smallest absolute Gasteiger partial charge is 0.253 e. The second-order valence-electron chi connectivity index (χ2n) is 6.32. The Morgan fingerprint density at radius 1 is 1.04 bits per heavy atom. The molecule has 1 aliphatic heterocycles. The summed E-state index contributed by atoms with van der Waals surface area (Å²) in [4.78, 5) is 26.3. The monoisotopic (exact) mass is 365 g/mol. The van der Waals surface area contributed by atoms with E-state index in [0.29, 0.717) is 42.3 Å². The summed E-state index contributed by atoms with van der Waals surface area (Å²) < 4.78 is 11.2. The third-order valence-corrected chi connectivity index (χ3v) is 4.27. The van der Waals surface area contributed by atoms with E-state index in [-0.39, 0.29) is 11.5 Å². The zero-order chi connectivity index (χ0) is 18.8. The van der Waals surface area contributed by atoms with Gasteiger partial charge in [0, 0.05) is 41.9 Å². The van der Waals surface area contributed by atoms with Crippen molar-refractivity contribution in [1.29, 1.82) is 0 Å². The lowest BCUT2D eigenvalue weighted by Crippen LogP contribution is -2.17. The number of ether oxygens (including phenoxy) is 2. The van der Waals surface area contributed by atoms with Gasteiger partial charge in [-0.25, -0.2) is 0 Å².